The minimum atomic E-state index is -0.184. The summed E-state index contributed by atoms with van der Waals surface area (Å²) in [6.07, 6.45) is 4.13. The third-order valence-electron chi connectivity index (χ3n) is 3.53. The Bertz CT molecular complexity index is 863. The van der Waals surface area contributed by atoms with Crippen molar-refractivity contribution in [3.63, 3.8) is 0 Å². The van der Waals surface area contributed by atoms with Crippen LogP contribution in [0.25, 0.3) is 17.0 Å². The molecule has 0 fully saturated rings. The maximum absolute atomic E-state index is 12.0. The Labute approximate surface area is 143 Å². The molecule has 0 radical (unpaired) electrons. The van der Waals surface area contributed by atoms with Crippen molar-refractivity contribution in [1.29, 1.82) is 0 Å². The van der Waals surface area contributed by atoms with Gasteiger partial charge in [0.15, 0.2) is 0 Å². The second-order valence-corrected chi connectivity index (χ2v) is 6.12. The Morgan fingerprint density at radius 1 is 1.17 bits per heavy atom. The second kappa shape index (κ2) is 6.84. The van der Waals surface area contributed by atoms with E-state index in [4.69, 9.17) is 4.42 Å². The Morgan fingerprint density at radius 2 is 1.96 bits per heavy atom. The highest BCUT2D eigenvalue weighted by Crippen LogP contribution is 2.24. The van der Waals surface area contributed by atoms with Crippen LogP contribution in [-0.4, -0.2) is 5.91 Å². The van der Waals surface area contributed by atoms with Crippen molar-refractivity contribution in [2.24, 2.45) is 0 Å². The molecule has 116 valence electrons. The summed E-state index contributed by atoms with van der Waals surface area (Å²) in [7, 11) is 0. The van der Waals surface area contributed by atoms with Gasteiger partial charge in [0.25, 0.3) is 0 Å². The van der Waals surface area contributed by atoms with Crippen LogP contribution in [0.4, 0.5) is 5.69 Å². The lowest BCUT2D eigenvalue weighted by Crippen LogP contribution is -2.07. The summed E-state index contributed by atoms with van der Waals surface area (Å²) in [4.78, 5) is 12.0. The van der Waals surface area contributed by atoms with Crippen LogP contribution in [0.1, 0.15) is 18.2 Å². The van der Waals surface area contributed by atoms with Crippen LogP contribution in [0.2, 0.25) is 0 Å². The van der Waals surface area contributed by atoms with E-state index < -0.39 is 0 Å². The largest absolute Gasteiger partial charge is 0.457 e. The topological polar surface area (TPSA) is 42.2 Å². The molecule has 1 aromatic heterocycles. The number of hydrogen-bond donors (Lipinski definition) is 1. The molecule has 23 heavy (non-hydrogen) atoms. The molecule has 3 rings (SSSR count). The summed E-state index contributed by atoms with van der Waals surface area (Å²) in [6, 6.07) is 15.5. The molecule has 1 heterocycles. The molecule has 0 bridgehead atoms. The zero-order valence-corrected chi connectivity index (χ0v) is 14.3. The van der Waals surface area contributed by atoms with Gasteiger partial charge in [0, 0.05) is 21.6 Å². The Balaban J connectivity index is 1.68. The maximum Gasteiger partial charge on any atom is 0.248 e. The molecule has 3 nitrogen and oxygen atoms in total. The number of benzene rings is 2. The van der Waals surface area contributed by atoms with E-state index in [0.29, 0.717) is 5.76 Å². The summed E-state index contributed by atoms with van der Waals surface area (Å²) in [6.45, 7) is 2.10. The number of anilines is 1. The van der Waals surface area contributed by atoms with Gasteiger partial charge in [0.05, 0.1) is 0 Å². The number of furan rings is 1. The Hall–Kier alpha value is -2.33. The second-order valence-electron chi connectivity index (χ2n) is 5.20. The number of carbonyl (C=O) groups excluding carboxylic acids is 1. The van der Waals surface area contributed by atoms with Gasteiger partial charge >= 0.3 is 0 Å². The average molecular weight is 370 g/mol. The summed E-state index contributed by atoms with van der Waals surface area (Å²) < 4.78 is 6.66. The van der Waals surface area contributed by atoms with E-state index in [9.17, 15) is 4.79 Å². The highest BCUT2D eigenvalue weighted by atomic mass is 79.9. The first kappa shape index (κ1) is 15.6. The molecule has 1 amide bonds. The van der Waals surface area contributed by atoms with Gasteiger partial charge in [-0.1, -0.05) is 35.0 Å². The van der Waals surface area contributed by atoms with Crippen LogP contribution in [0.15, 0.2) is 63.5 Å². The lowest BCUT2D eigenvalue weighted by atomic mass is 10.1. The molecule has 0 unspecified atom stereocenters. The fourth-order valence-electron chi connectivity index (χ4n) is 2.28. The molecule has 0 saturated heterocycles. The van der Waals surface area contributed by atoms with Crippen LogP contribution >= 0.6 is 15.9 Å². The zero-order chi connectivity index (χ0) is 16.2. The summed E-state index contributed by atoms with van der Waals surface area (Å²) in [5.41, 5.74) is 2.82. The number of rotatable bonds is 4. The van der Waals surface area contributed by atoms with Crippen molar-refractivity contribution in [1.82, 2.24) is 0 Å². The van der Waals surface area contributed by atoms with E-state index in [-0.39, 0.29) is 5.91 Å². The first-order valence-electron chi connectivity index (χ1n) is 7.41. The molecular formula is C19H16BrNO2. The van der Waals surface area contributed by atoms with E-state index >= 15 is 0 Å². The lowest BCUT2D eigenvalue weighted by molar-refractivity contribution is -0.111. The molecule has 2 aromatic carbocycles. The molecule has 0 aliphatic heterocycles. The molecule has 0 atom stereocenters. The van der Waals surface area contributed by atoms with Crippen LogP contribution < -0.4 is 5.32 Å². The highest BCUT2D eigenvalue weighted by Gasteiger charge is 2.03. The lowest BCUT2D eigenvalue weighted by Gasteiger charge is -2.02. The van der Waals surface area contributed by atoms with E-state index in [1.54, 1.807) is 6.08 Å². The molecule has 4 heteroatoms. The monoisotopic (exact) mass is 369 g/mol. The fraction of sp³-hybridized carbons (Fsp3) is 0.105. The van der Waals surface area contributed by atoms with Gasteiger partial charge in [-0.25, -0.2) is 0 Å². The molecule has 1 N–H and O–H groups in total. The first-order valence-corrected chi connectivity index (χ1v) is 8.20. The first-order chi connectivity index (χ1) is 11.1. The van der Waals surface area contributed by atoms with Gasteiger partial charge in [-0.15, -0.1) is 0 Å². The van der Waals surface area contributed by atoms with Crippen molar-refractivity contribution < 1.29 is 9.21 Å². The van der Waals surface area contributed by atoms with Crippen molar-refractivity contribution >= 4 is 44.6 Å². The quantitative estimate of drug-likeness (QED) is 0.624. The predicted molar refractivity (Wildman–Crippen MR) is 97.4 cm³/mol. The van der Waals surface area contributed by atoms with Gasteiger partial charge in [-0.2, -0.15) is 0 Å². The van der Waals surface area contributed by atoms with Crippen molar-refractivity contribution in [2.45, 2.75) is 13.3 Å². The molecule has 0 spiro atoms. The van der Waals surface area contributed by atoms with E-state index in [1.165, 1.54) is 11.6 Å². The number of fused-ring (bicyclic) bond motifs is 1. The molecular weight excluding hydrogens is 354 g/mol. The number of nitrogens with one attached hydrogen (secondary N) is 1. The Morgan fingerprint density at radius 3 is 2.70 bits per heavy atom. The Kier molecular flexibility index (Phi) is 4.63. The normalized spacial score (nSPS) is 11.2. The maximum atomic E-state index is 12.0. The highest BCUT2D eigenvalue weighted by molar-refractivity contribution is 9.10. The van der Waals surface area contributed by atoms with Crippen LogP contribution in [-0.2, 0) is 11.2 Å². The molecule has 0 saturated carbocycles. The fourth-order valence-corrected chi connectivity index (χ4v) is 2.66. The number of halogens is 1. The van der Waals surface area contributed by atoms with Gasteiger partial charge < -0.3 is 9.73 Å². The zero-order valence-electron chi connectivity index (χ0n) is 12.7. The van der Waals surface area contributed by atoms with Crippen LogP contribution in [0.5, 0.6) is 0 Å². The summed E-state index contributed by atoms with van der Waals surface area (Å²) in [5.74, 6) is 0.463. The van der Waals surface area contributed by atoms with Crippen LogP contribution in [0, 0.1) is 0 Å². The van der Waals surface area contributed by atoms with E-state index in [1.807, 2.05) is 48.5 Å². The van der Waals surface area contributed by atoms with Crippen molar-refractivity contribution in [3.05, 3.63) is 70.4 Å². The number of hydrogen-bond acceptors (Lipinski definition) is 2. The van der Waals surface area contributed by atoms with Crippen LogP contribution in [0.3, 0.4) is 0 Å². The van der Waals surface area contributed by atoms with Gasteiger partial charge in [0.2, 0.25) is 5.91 Å². The average Bonchev–Trinajstić information content (AvgIpc) is 2.95. The van der Waals surface area contributed by atoms with Gasteiger partial charge in [-0.3, -0.25) is 4.79 Å². The molecule has 0 aliphatic carbocycles. The minimum Gasteiger partial charge on any atom is -0.457 e. The van der Waals surface area contributed by atoms with E-state index in [2.05, 4.69) is 28.2 Å². The standard InChI is InChI=1S/C19H16BrNO2/c1-2-13-3-6-16(7-4-13)21-19(22)10-8-17-12-14-11-15(20)5-9-18(14)23-17/h3-12H,2H2,1H3,(H,21,22)/b10-8+. The SMILES string of the molecule is CCc1ccc(NC(=O)/C=C/c2cc3cc(Br)ccc3o2)cc1. The number of aryl methyl sites for hydroxylation is 1. The third-order valence-corrected chi connectivity index (χ3v) is 4.02. The third kappa shape index (κ3) is 3.90. The predicted octanol–water partition coefficient (Wildman–Crippen LogP) is 5.41. The number of carbonyl (C=O) groups is 1. The van der Waals surface area contributed by atoms with Gasteiger partial charge in [0.1, 0.15) is 11.3 Å². The summed E-state index contributed by atoms with van der Waals surface area (Å²) >= 11 is 3.43. The number of amides is 1. The van der Waals surface area contributed by atoms with Crippen molar-refractivity contribution in [2.75, 3.05) is 5.32 Å². The summed E-state index contributed by atoms with van der Waals surface area (Å²) in [5, 5.41) is 3.83. The van der Waals surface area contributed by atoms with Gasteiger partial charge in [-0.05, 0) is 54.5 Å². The van der Waals surface area contributed by atoms with Crippen molar-refractivity contribution in [3.8, 4) is 0 Å². The molecule has 3 aromatic rings. The van der Waals surface area contributed by atoms with E-state index in [0.717, 1.165) is 27.6 Å². The minimum absolute atomic E-state index is 0.184. The smallest absolute Gasteiger partial charge is 0.248 e. The molecule has 0 aliphatic rings.